The summed E-state index contributed by atoms with van der Waals surface area (Å²) in [5, 5.41) is -0.674. The van der Waals surface area contributed by atoms with Crippen LogP contribution in [0.4, 0.5) is 0 Å². The maximum atomic E-state index is 9.89. The highest BCUT2D eigenvalue weighted by molar-refractivity contribution is 7.86. The van der Waals surface area contributed by atoms with Crippen LogP contribution in [0.5, 0.6) is 0 Å². The maximum Gasteiger partial charge on any atom is 0.267 e. The van der Waals surface area contributed by atoms with Crippen LogP contribution in [0.3, 0.4) is 0 Å². The van der Waals surface area contributed by atoms with E-state index in [9.17, 15) is 8.42 Å². The molecule has 0 saturated heterocycles. The SMILES string of the molecule is CC(C)S(=O)(=O)O.CCCCCCCCCCN. The lowest BCUT2D eigenvalue weighted by Gasteiger charge is -1.99. The van der Waals surface area contributed by atoms with Crippen molar-refractivity contribution in [3.63, 3.8) is 0 Å². The Morgan fingerprint density at radius 3 is 1.56 bits per heavy atom. The van der Waals surface area contributed by atoms with E-state index in [4.69, 9.17) is 10.3 Å². The summed E-state index contributed by atoms with van der Waals surface area (Å²) in [5.41, 5.74) is 5.39. The van der Waals surface area contributed by atoms with Crippen LogP contribution in [0.25, 0.3) is 0 Å². The molecule has 18 heavy (non-hydrogen) atoms. The van der Waals surface area contributed by atoms with Crippen molar-refractivity contribution in [2.75, 3.05) is 6.54 Å². The molecule has 112 valence electrons. The van der Waals surface area contributed by atoms with Crippen LogP contribution in [0.15, 0.2) is 0 Å². The molecule has 0 aliphatic carbocycles. The topological polar surface area (TPSA) is 80.4 Å². The van der Waals surface area contributed by atoms with E-state index >= 15 is 0 Å². The van der Waals surface area contributed by atoms with Crippen LogP contribution in [0.1, 0.15) is 72.1 Å². The fraction of sp³-hybridized carbons (Fsp3) is 1.00. The Hall–Kier alpha value is -0.130. The Kier molecular flexibility index (Phi) is 14.9. The molecule has 0 aliphatic rings. The van der Waals surface area contributed by atoms with Crippen molar-refractivity contribution in [3.8, 4) is 0 Å². The van der Waals surface area contributed by atoms with Gasteiger partial charge >= 0.3 is 0 Å². The summed E-state index contributed by atoms with van der Waals surface area (Å²) in [6.45, 7) is 5.95. The van der Waals surface area contributed by atoms with Gasteiger partial charge in [0.05, 0.1) is 5.25 Å². The molecule has 0 atom stereocenters. The predicted octanol–water partition coefficient (Wildman–Crippen LogP) is 3.37. The van der Waals surface area contributed by atoms with Gasteiger partial charge in [-0.2, -0.15) is 8.42 Å². The first-order valence-corrected chi connectivity index (χ1v) is 8.52. The number of hydrogen-bond acceptors (Lipinski definition) is 3. The Balaban J connectivity index is 0. The monoisotopic (exact) mass is 281 g/mol. The van der Waals surface area contributed by atoms with Gasteiger partial charge < -0.3 is 5.73 Å². The second kappa shape index (κ2) is 13.3. The normalized spacial score (nSPS) is 11.2. The van der Waals surface area contributed by atoms with Crippen LogP contribution in [0.2, 0.25) is 0 Å². The maximum absolute atomic E-state index is 9.89. The molecular formula is C13H31NO3S. The molecule has 0 amide bonds. The summed E-state index contributed by atoms with van der Waals surface area (Å²) in [5.74, 6) is 0. The van der Waals surface area contributed by atoms with E-state index in [0.29, 0.717) is 0 Å². The predicted molar refractivity (Wildman–Crippen MR) is 78.3 cm³/mol. The third-order valence-corrected chi connectivity index (χ3v) is 3.84. The van der Waals surface area contributed by atoms with E-state index in [1.165, 1.54) is 65.2 Å². The highest BCUT2D eigenvalue weighted by atomic mass is 32.2. The Morgan fingerprint density at radius 2 is 1.28 bits per heavy atom. The number of hydrogen-bond donors (Lipinski definition) is 2. The van der Waals surface area contributed by atoms with E-state index in [2.05, 4.69) is 6.92 Å². The minimum Gasteiger partial charge on any atom is -0.330 e. The van der Waals surface area contributed by atoms with Gasteiger partial charge in [-0.3, -0.25) is 4.55 Å². The average molecular weight is 281 g/mol. The van der Waals surface area contributed by atoms with Gasteiger partial charge in [0, 0.05) is 0 Å². The molecule has 0 aromatic rings. The third-order valence-electron chi connectivity index (χ3n) is 2.65. The Labute approximate surface area is 113 Å². The molecule has 0 unspecified atom stereocenters. The van der Waals surface area contributed by atoms with Crippen LogP contribution >= 0.6 is 0 Å². The smallest absolute Gasteiger partial charge is 0.267 e. The van der Waals surface area contributed by atoms with Crippen LogP contribution < -0.4 is 5.73 Å². The Morgan fingerprint density at radius 1 is 0.944 bits per heavy atom. The lowest BCUT2D eigenvalue weighted by molar-refractivity contribution is 0.473. The first kappa shape index (κ1) is 20.2. The van der Waals surface area contributed by atoms with Crippen molar-refractivity contribution in [3.05, 3.63) is 0 Å². The van der Waals surface area contributed by atoms with E-state index in [1.807, 2.05) is 0 Å². The molecule has 5 heteroatoms. The molecule has 0 spiro atoms. The zero-order chi connectivity index (χ0) is 14.4. The molecule has 0 fully saturated rings. The van der Waals surface area contributed by atoms with Gasteiger partial charge in [-0.15, -0.1) is 0 Å². The standard InChI is InChI=1S/C10H23N.C3H8O3S/c1-2-3-4-5-6-7-8-9-10-11;1-3(2)7(4,5)6/h2-11H2,1H3;3H,1-2H3,(H,4,5,6). The van der Waals surface area contributed by atoms with E-state index in [-0.39, 0.29) is 0 Å². The van der Waals surface area contributed by atoms with Crippen LogP contribution in [-0.2, 0) is 10.1 Å². The second-order valence-corrected chi connectivity index (χ2v) is 6.80. The van der Waals surface area contributed by atoms with Gasteiger partial charge in [0.2, 0.25) is 0 Å². The lowest BCUT2D eigenvalue weighted by atomic mass is 10.1. The summed E-state index contributed by atoms with van der Waals surface area (Å²) in [4.78, 5) is 0. The summed E-state index contributed by atoms with van der Waals surface area (Å²) in [6, 6.07) is 0. The largest absolute Gasteiger partial charge is 0.330 e. The third kappa shape index (κ3) is 18.2. The molecule has 4 nitrogen and oxygen atoms in total. The Bertz CT molecular complexity index is 243. The summed E-state index contributed by atoms with van der Waals surface area (Å²) < 4.78 is 27.8. The van der Waals surface area contributed by atoms with Crippen LogP contribution in [0, 0.1) is 0 Å². The first-order valence-electron chi connectivity index (χ1n) is 7.02. The molecule has 0 saturated carbocycles. The minimum atomic E-state index is -3.74. The van der Waals surface area contributed by atoms with E-state index in [1.54, 1.807) is 0 Å². The highest BCUT2D eigenvalue weighted by Crippen LogP contribution is 2.07. The molecule has 0 aliphatic heterocycles. The van der Waals surface area contributed by atoms with E-state index in [0.717, 1.165) is 6.54 Å². The summed E-state index contributed by atoms with van der Waals surface area (Å²) in [7, 11) is -3.74. The van der Waals surface area contributed by atoms with Crippen molar-refractivity contribution in [2.24, 2.45) is 5.73 Å². The zero-order valence-corrected chi connectivity index (χ0v) is 13.0. The quantitative estimate of drug-likeness (QED) is 0.501. The fourth-order valence-electron chi connectivity index (χ4n) is 1.28. The first-order chi connectivity index (χ1) is 8.36. The van der Waals surface area contributed by atoms with Crippen molar-refractivity contribution >= 4 is 10.1 Å². The van der Waals surface area contributed by atoms with Gasteiger partial charge in [0.1, 0.15) is 0 Å². The fourth-order valence-corrected chi connectivity index (χ4v) is 1.28. The van der Waals surface area contributed by atoms with Crippen molar-refractivity contribution < 1.29 is 13.0 Å². The van der Waals surface area contributed by atoms with Gasteiger partial charge in [0.25, 0.3) is 10.1 Å². The molecule has 0 radical (unpaired) electrons. The molecular weight excluding hydrogens is 250 g/mol. The highest BCUT2D eigenvalue weighted by Gasteiger charge is 2.08. The van der Waals surface area contributed by atoms with Gasteiger partial charge in [-0.1, -0.05) is 51.9 Å². The van der Waals surface area contributed by atoms with Gasteiger partial charge in [0.15, 0.2) is 0 Å². The summed E-state index contributed by atoms with van der Waals surface area (Å²) in [6.07, 6.45) is 11.0. The van der Waals surface area contributed by atoms with Crippen molar-refractivity contribution in [1.29, 1.82) is 0 Å². The molecule has 0 heterocycles. The minimum absolute atomic E-state index is 0.674. The molecule has 3 N–H and O–H groups in total. The average Bonchev–Trinajstić information content (AvgIpc) is 2.27. The number of unbranched alkanes of at least 4 members (excludes halogenated alkanes) is 7. The number of rotatable bonds is 9. The van der Waals surface area contributed by atoms with Gasteiger partial charge in [-0.25, -0.2) is 0 Å². The van der Waals surface area contributed by atoms with Crippen LogP contribution in [-0.4, -0.2) is 24.8 Å². The zero-order valence-electron chi connectivity index (χ0n) is 12.2. The van der Waals surface area contributed by atoms with Crippen molar-refractivity contribution in [1.82, 2.24) is 0 Å². The molecule has 0 bridgehead atoms. The second-order valence-electron chi connectivity index (χ2n) is 4.83. The van der Waals surface area contributed by atoms with Gasteiger partial charge in [-0.05, 0) is 26.8 Å². The lowest BCUT2D eigenvalue weighted by Crippen LogP contribution is -2.10. The summed E-state index contributed by atoms with van der Waals surface area (Å²) >= 11 is 0. The van der Waals surface area contributed by atoms with Crippen molar-refractivity contribution in [2.45, 2.75) is 77.4 Å². The molecule has 0 aromatic heterocycles. The van der Waals surface area contributed by atoms with E-state index < -0.39 is 15.4 Å². The molecule has 0 aromatic carbocycles. The molecule has 0 rings (SSSR count). The number of nitrogens with two attached hydrogens (primary N) is 1.